The predicted octanol–water partition coefficient (Wildman–Crippen LogP) is 4.37. The maximum Gasteiger partial charge on any atom is 0.244 e. The molecular weight excluding hydrogens is 403 g/mol. The van der Waals surface area contributed by atoms with Gasteiger partial charge in [-0.2, -0.15) is 5.26 Å². The van der Waals surface area contributed by atoms with Gasteiger partial charge < -0.3 is 15.2 Å². The standard InChI is InChI=1S/C19H14ClFN4O2S/c1-9-16-17(12(6-22)18(23)27-19(16)25-24-9)15-4-10(8-28-15)7-26-14-3-2-11(21)5-13(14)20/h2-5,8,17H,7,23H2,1H3,(H,24,25)/t17-/m1/s1. The average molecular weight is 417 g/mol. The number of nitrogens with one attached hydrogen (secondary N) is 1. The fraction of sp³-hybridized carbons (Fsp3) is 0.158. The first-order valence-corrected chi connectivity index (χ1v) is 9.51. The Morgan fingerprint density at radius 1 is 1.46 bits per heavy atom. The number of thiophene rings is 1. The van der Waals surface area contributed by atoms with Crippen molar-refractivity contribution in [3.63, 3.8) is 0 Å². The number of nitrogens with two attached hydrogens (primary N) is 1. The van der Waals surface area contributed by atoms with Crippen molar-refractivity contribution in [2.75, 3.05) is 0 Å². The number of aryl methyl sites for hydroxylation is 1. The number of hydrogen-bond acceptors (Lipinski definition) is 6. The maximum absolute atomic E-state index is 13.2. The van der Waals surface area contributed by atoms with Crippen molar-refractivity contribution in [1.29, 1.82) is 5.26 Å². The molecule has 28 heavy (non-hydrogen) atoms. The molecule has 1 aromatic carbocycles. The van der Waals surface area contributed by atoms with Crippen LogP contribution in [0.25, 0.3) is 0 Å². The number of aromatic nitrogens is 2. The van der Waals surface area contributed by atoms with Crippen LogP contribution in [-0.2, 0) is 6.61 Å². The van der Waals surface area contributed by atoms with Crippen LogP contribution >= 0.6 is 22.9 Å². The van der Waals surface area contributed by atoms with E-state index in [2.05, 4.69) is 16.3 Å². The molecule has 0 fully saturated rings. The lowest BCUT2D eigenvalue weighted by molar-refractivity contribution is 0.306. The molecule has 9 heteroatoms. The van der Waals surface area contributed by atoms with Gasteiger partial charge in [0.2, 0.25) is 11.8 Å². The molecule has 3 heterocycles. The molecule has 4 rings (SSSR count). The lowest BCUT2D eigenvalue weighted by Gasteiger charge is -2.22. The van der Waals surface area contributed by atoms with Crippen LogP contribution < -0.4 is 15.2 Å². The Labute approximate surface area is 169 Å². The van der Waals surface area contributed by atoms with Gasteiger partial charge in [-0.3, -0.25) is 5.10 Å². The molecule has 0 radical (unpaired) electrons. The van der Waals surface area contributed by atoms with E-state index in [-0.39, 0.29) is 23.4 Å². The van der Waals surface area contributed by atoms with Crippen molar-refractivity contribution < 1.29 is 13.9 Å². The maximum atomic E-state index is 13.2. The third kappa shape index (κ3) is 3.19. The van der Waals surface area contributed by atoms with Crippen LogP contribution in [0.4, 0.5) is 4.39 Å². The molecule has 2 aromatic heterocycles. The lowest BCUT2D eigenvalue weighted by Crippen LogP contribution is -2.20. The van der Waals surface area contributed by atoms with Crippen molar-refractivity contribution in [3.05, 3.63) is 73.6 Å². The summed E-state index contributed by atoms with van der Waals surface area (Å²) in [6.45, 7) is 2.12. The number of H-pyrrole nitrogens is 1. The van der Waals surface area contributed by atoms with E-state index >= 15 is 0 Å². The van der Waals surface area contributed by atoms with Crippen LogP contribution in [-0.4, -0.2) is 10.2 Å². The highest BCUT2D eigenvalue weighted by Gasteiger charge is 2.35. The highest BCUT2D eigenvalue weighted by molar-refractivity contribution is 7.10. The zero-order valence-corrected chi connectivity index (χ0v) is 16.2. The molecule has 0 aliphatic carbocycles. The Morgan fingerprint density at radius 2 is 2.29 bits per heavy atom. The monoisotopic (exact) mass is 416 g/mol. The summed E-state index contributed by atoms with van der Waals surface area (Å²) in [7, 11) is 0. The number of benzene rings is 1. The van der Waals surface area contributed by atoms with Crippen LogP contribution in [0.2, 0.25) is 5.02 Å². The van der Waals surface area contributed by atoms with E-state index in [0.29, 0.717) is 17.2 Å². The van der Waals surface area contributed by atoms with E-state index in [1.165, 1.54) is 29.5 Å². The van der Waals surface area contributed by atoms with Crippen LogP contribution in [0.5, 0.6) is 11.6 Å². The van der Waals surface area contributed by atoms with E-state index in [1.807, 2.05) is 18.4 Å². The number of halogens is 2. The number of fused-ring (bicyclic) bond motifs is 1. The van der Waals surface area contributed by atoms with Gasteiger partial charge in [0, 0.05) is 16.1 Å². The van der Waals surface area contributed by atoms with Crippen LogP contribution in [0, 0.1) is 24.1 Å². The lowest BCUT2D eigenvalue weighted by atomic mass is 9.89. The molecule has 0 saturated heterocycles. The minimum absolute atomic E-state index is 0.0517. The molecule has 0 saturated carbocycles. The smallest absolute Gasteiger partial charge is 0.244 e. The summed E-state index contributed by atoms with van der Waals surface area (Å²) in [5.41, 5.74) is 8.76. The van der Waals surface area contributed by atoms with Crippen LogP contribution in [0.1, 0.15) is 27.6 Å². The molecule has 0 bridgehead atoms. The summed E-state index contributed by atoms with van der Waals surface area (Å²) in [6, 6.07) is 8.07. The predicted molar refractivity (Wildman–Crippen MR) is 103 cm³/mol. The molecule has 6 nitrogen and oxygen atoms in total. The minimum Gasteiger partial charge on any atom is -0.487 e. The number of ether oxygens (including phenoxy) is 2. The van der Waals surface area contributed by atoms with Crippen LogP contribution in [0.15, 0.2) is 41.1 Å². The van der Waals surface area contributed by atoms with Crippen LogP contribution in [0.3, 0.4) is 0 Å². The van der Waals surface area contributed by atoms with E-state index in [1.54, 1.807) is 0 Å². The highest BCUT2D eigenvalue weighted by Crippen LogP contribution is 2.44. The Morgan fingerprint density at radius 3 is 3.04 bits per heavy atom. The Balaban J connectivity index is 1.62. The second-order valence-electron chi connectivity index (χ2n) is 6.21. The molecule has 3 aromatic rings. The molecular formula is C19H14ClFN4O2S. The van der Waals surface area contributed by atoms with E-state index in [0.717, 1.165) is 21.7 Å². The fourth-order valence-corrected chi connectivity index (χ4v) is 4.29. The van der Waals surface area contributed by atoms with Gasteiger partial charge in [0.25, 0.3) is 0 Å². The summed E-state index contributed by atoms with van der Waals surface area (Å²) in [4.78, 5) is 0.914. The molecule has 0 unspecified atom stereocenters. The number of nitrogens with zero attached hydrogens (tertiary/aromatic N) is 2. The highest BCUT2D eigenvalue weighted by atomic mass is 35.5. The first-order chi connectivity index (χ1) is 13.5. The van der Waals surface area contributed by atoms with Gasteiger partial charge >= 0.3 is 0 Å². The molecule has 0 spiro atoms. The summed E-state index contributed by atoms with van der Waals surface area (Å²) < 4.78 is 24.3. The fourth-order valence-electron chi connectivity index (χ4n) is 3.06. The second kappa shape index (κ2) is 7.19. The first-order valence-electron chi connectivity index (χ1n) is 8.25. The van der Waals surface area contributed by atoms with Crippen molar-refractivity contribution in [3.8, 4) is 17.7 Å². The molecule has 142 valence electrons. The second-order valence-corrected chi connectivity index (χ2v) is 7.56. The summed E-state index contributed by atoms with van der Waals surface area (Å²) in [6.07, 6.45) is 0. The molecule has 1 aliphatic rings. The van der Waals surface area contributed by atoms with E-state index in [9.17, 15) is 9.65 Å². The van der Waals surface area contributed by atoms with Gasteiger partial charge in [0.05, 0.1) is 16.5 Å². The number of aromatic amines is 1. The van der Waals surface area contributed by atoms with Gasteiger partial charge in [-0.05, 0) is 36.6 Å². The quantitative estimate of drug-likeness (QED) is 0.658. The number of nitriles is 1. The third-order valence-electron chi connectivity index (χ3n) is 4.38. The van der Waals surface area contributed by atoms with Crippen molar-refractivity contribution in [2.24, 2.45) is 5.73 Å². The third-order valence-corrected chi connectivity index (χ3v) is 5.72. The first kappa shape index (κ1) is 18.3. The van der Waals surface area contributed by atoms with Crippen molar-refractivity contribution >= 4 is 22.9 Å². The molecule has 0 amide bonds. The zero-order chi connectivity index (χ0) is 19.8. The normalized spacial score (nSPS) is 15.7. The Kier molecular flexibility index (Phi) is 4.71. The number of allylic oxidation sites excluding steroid dienone is 1. The SMILES string of the molecule is Cc1[nH]nc2c1[C@@H](c1cc(COc3ccc(F)cc3Cl)cs1)C(C#N)=C(N)O2. The largest absolute Gasteiger partial charge is 0.487 e. The van der Waals surface area contributed by atoms with Crippen molar-refractivity contribution in [1.82, 2.24) is 10.2 Å². The summed E-state index contributed by atoms with van der Waals surface area (Å²) >= 11 is 7.48. The topological polar surface area (TPSA) is 97.0 Å². The molecule has 3 N–H and O–H groups in total. The zero-order valence-electron chi connectivity index (χ0n) is 14.6. The van der Waals surface area contributed by atoms with Crippen molar-refractivity contribution in [2.45, 2.75) is 19.4 Å². The number of hydrogen-bond donors (Lipinski definition) is 2. The summed E-state index contributed by atoms with van der Waals surface area (Å²) in [5, 5.41) is 18.7. The Hall–Kier alpha value is -3.02. The number of rotatable bonds is 4. The molecule has 1 aliphatic heterocycles. The van der Waals surface area contributed by atoms with Gasteiger partial charge in [0.15, 0.2) is 0 Å². The van der Waals surface area contributed by atoms with E-state index in [4.69, 9.17) is 26.8 Å². The molecule has 1 atom stereocenters. The van der Waals surface area contributed by atoms with Gasteiger partial charge in [-0.25, -0.2) is 4.39 Å². The van der Waals surface area contributed by atoms with Gasteiger partial charge in [-0.15, -0.1) is 16.4 Å². The minimum atomic E-state index is -0.422. The van der Waals surface area contributed by atoms with E-state index < -0.39 is 5.82 Å². The average Bonchev–Trinajstić information content (AvgIpc) is 3.27. The van der Waals surface area contributed by atoms with Gasteiger partial charge in [-0.1, -0.05) is 11.6 Å². The summed E-state index contributed by atoms with van der Waals surface area (Å²) in [5.74, 6) is 0.0471. The van der Waals surface area contributed by atoms with Gasteiger partial charge in [0.1, 0.15) is 29.8 Å². The Bertz CT molecular complexity index is 1130.